The number of hydrogen-bond acceptors (Lipinski definition) is 2. The molecule has 18 heavy (non-hydrogen) atoms. The van der Waals surface area contributed by atoms with E-state index in [1.54, 1.807) is 0 Å². The number of fused-ring (bicyclic) bond motifs is 1. The maximum absolute atomic E-state index is 6.60. The summed E-state index contributed by atoms with van der Waals surface area (Å²) in [4.78, 5) is 0. The van der Waals surface area contributed by atoms with Crippen LogP contribution in [0, 0.1) is 0 Å². The maximum Gasteiger partial charge on any atom is 0.310 e. The summed E-state index contributed by atoms with van der Waals surface area (Å²) in [6.45, 7) is -2.44. The van der Waals surface area contributed by atoms with Crippen molar-refractivity contribution in [2.45, 2.75) is 0 Å². The molecule has 3 rings (SSSR count). The molecule has 0 aliphatic carbocycles. The minimum atomic E-state index is -2.69. The van der Waals surface area contributed by atoms with E-state index in [-0.39, 0.29) is 6.79 Å². The molecule has 0 saturated carbocycles. The van der Waals surface area contributed by atoms with Gasteiger partial charge in [-0.2, -0.15) is 0 Å². The number of ether oxygens (including phenoxy) is 2. The van der Waals surface area contributed by atoms with Gasteiger partial charge < -0.3 is 9.47 Å². The monoisotopic (exact) mass is 296 g/mol. The number of benzene rings is 2. The zero-order chi connectivity index (χ0) is 12.6. The van der Waals surface area contributed by atoms with Crippen LogP contribution in [0.25, 0.3) is 0 Å². The smallest absolute Gasteiger partial charge is 0.310 e. The van der Waals surface area contributed by atoms with E-state index in [1.165, 1.54) is 0 Å². The van der Waals surface area contributed by atoms with E-state index in [4.69, 9.17) is 31.6 Å². The van der Waals surface area contributed by atoms with E-state index >= 15 is 0 Å². The third-order valence-electron chi connectivity index (χ3n) is 2.87. The molecule has 0 N–H and O–H groups in total. The van der Waals surface area contributed by atoms with Gasteiger partial charge in [0.2, 0.25) is 6.79 Å². The summed E-state index contributed by atoms with van der Waals surface area (Å²) in [7, 11) is 0. The minimum absolute atomic E-state index is 0.253. The lowest BCUT2D eigenvalue weighted by Crippen LogP contribution is -2.48. The molecule has 1 aliphatic rings. The van der Waals surface area contributed by atoms with Crippen LogP contribution < -0.4 is 19.8 Å². The van der Waals surface area contributed by atoms with Crippen LogP contribution in [0.15, 0.2) is 48.5 Å². The van der Waals surface area contributed by atoms with E-state index in [9.17, 15) is 0 Å². The highest BCUT2D eigenvalue weighted by Crippen LogP contribution is 2.31. The molecule has 0 bridgehead atoms. The van der Waals surface area contributed by atoms with Gasteiger partial charge in [0.15, 0.2) is 11.5 Å². The molecule has 92 valence electrons. The zero-order valence-corrected chi connectivity index (χ0v) is 11.9. The Hall–Kier alpha value is -1.16. The third kappa shape index (κ3) is 1.98. The van der Waals surface area contributed by atoms with Crippen LogP contribution in [0.3, 0.4) is 0 Å². The van der Waals surface area contributed by atoms with Crippen molar-refractivity contribution in [3.63, 3.8) is 0 Å². The second-order valence-electron chi connectivity index (χ2n) is 4.01. The molecule has 0 saturated heterocycles. The fourth-order valence-electron chi connectivity index (χ4n) is 1.91. The lowest BCUT2D eigenvalue weighted by molar-refractivity contribution is 0.174. The summed E-state index contributed by atoms with van der Waals surface area (Å²) in [5, 5.41) is 1.87. The summed E-state index contributed by atoms with van der Waals surface area (Å²) >= 11 is 13.2. The third-order valence-corrected chi connectivity index (χ3v) is 7.58. The highest BCUT2D eigenvalue weighted by atomic mass is 35.7. The topological polar surface area (TPSA) is 18.5 Å². The second-order valence-corrected chi connectivity index (χ2v) is 10.3. The molecule has 1 aliphatic heterocycles. The van der Waals surface area contributed by atoms with Crippen LogP contribution in [0.5, 0.6) is 11.5 Å². The van der Waals surface area contributed by atoms with Crippen LogP contribution >= 0.6 is 22.2 Å². The van der Waals surface area contributed by atoms with Crippen LogP contribution in [0.1, 0.15) is 0 Å². The molecule has 0 atom stereocenters. The van der Waals surface area contributed by atoms with Gasteiger partial charge in [-0.25, -0.2) is 0 Å². The van der Waals surface area contributed by atoms with Crippen LogP contribution in [0.4, 0.5) is 0 Å². The standard InChI is InChI=1S/C13H10Cl2O2Si/c14-18(15,10-4-2-1-3-5-10)11-6-7-12-13(8-11)17-9-16-12/h1-8H,9H2. The fraction of sp³-hybridized carbons (Fsp3) is 0.0769. The van der Waals surface area contributed by atoms with Gasteiger partial charge in [0.25, 0.3) is 0 Å². The molecule has 2 aromatic carbocycles. The van der Waals surface area contributed by atoms with Crippen molar-refractivity contribution >= 4 is 39.2 Å². The average Bonchev–Trinajstić information content (AvgIpc) is 2.87. The Morgan fingerprint density at radius 3 is 2.33 bits per heavy atom. The van der Waals surface area contributed by atoms with Crippen molar-refractivity contribution in [2.75, 3.05) is 6.79 Å². The van der Waals surface area contributed by atoms with Crippen molar-refractivity contribution in [3.8, 4) is 11.5 Å². The first kappa shape index (κ1) is 11.9. The summed E-state index contributed by atoms with van der Waals surface area (Å²) in [5.41, 5.74) is 0. The molecule has 5 heteroatoms. The Balaban J connectivity index is 2.04. The van der Waals surface area contributed by atoms with Gasteiger partial charge in [0, 0.05) is 0 Å². The Bertz CT molecular complexity index is 572. The Morgan fingerprint density at radius 1 is 0.833 bits per heavy atom. The van der Waals surface area contributed by atoms with Gasteiger partial charge in [0.1, 0.15) is 0 Å². The van der Waals surface area contributed by atoms with Crippen LogP contribution in [-0.4, -0.2) is 13.5 Å². The Kier molecular flexibility index (Phi) is 2.97. The van der Waals surface area contributed by atoms with E-state index in [0.717, 1.165) is 16.1 Å². The van der Waals surface area contributed by atoms with Crippen molar-refractivity contribution in [1.29, 1.82) is 0 Å². The molecule has 2 nitrogen and oxygen atoms in total. The normalized spacial score (nSPS) is 13.7. The fourth-order valence-corrected chi connectivity index (χ4v) is 4.92. The molecule has 0 spiro atoms. The van der Waals surface area contributed by atoms with E-state index in [2.05, 4.69) is 0 Å². The molecule has 0 radical (unpaired) electrons. The molecule has 1 heterocycles. The van der Waals surface area contributed by atoms with Crippen molar-refractivity contribution in [1.82, 2.24) is 0 Å². The van der Waals surface area contributed by atoms with E-state index < -0.39 is 6.69 Å². The van der Waals surface area contributed by atoms with Gasteiger partial charge in [-0.1, -0.05) is 36.4 Å². The van der Waals surface area contributed by atoms with E-state index in [0.29, 0.717) is 5.75 Å². The molecular weight excluding hydrogens is 287 g/mol. The number of rotatable bonds is 2. The predicted molar refractivity (Wildman–Crippen MR) is 75.7 cm³/mol. The quantitative estimate of drug-likeness (QED) is 0.626. The Morgan fingerprint density at radius 2 is 1.56 bits per heavy atom. The largest absolute Gasteiger partial charge is 0.454 e. The molecule has 0 aromatic heterocycles. The molecular formula is C13H10Cl2O2Si. The molecule has 2 aromatic rings. The van der Waals surface area contributed by atoms with Crippen LogP contribution in [0.2, 0.25) is 0 Å². The highest BCUT2D eigenvalue weighted by Gasteiger charge is 2.34. The number of halogens is 2. The minimum Gasteiger partial charge on any atom is -0.454 e. The average molecular weight is 297 g/mol. The summed E-state index contributed by atoms with van der Waals surface area (Å²) in [6.07, 6.45) is 0. The summed E-state index contributed by atoms with van der Waals surface area (Å²) in [6, 6.07) is 15.4. The van der Waals surface area contributed by atoms with Gasteiger partial charge >= 0.3 is 6.69 Å². The van der Waals surface area contributed by atoms with Gasteiger partial charge in [-0.15, -0.1) is 22.2 Å². The first-order valence-electron chi connectivity index (χ1n) is 5.51. The maximum atomic E-state index is 6.60. The predicted octanol–water partition coefficient (Wildman–Crippen LogP) is 2.45. The first-order chi connectivity index (χ1) is 8.68. The van der Waals surface area contributed by atoms with Gasteiger partial charge in [-0.3, -0.25) is 0 Å². The summed E-state index contributed by atoms with van der Waals surface area (Å²) in [5.74, 6) is 1.45. The van der Waals surface area contributed by atoms with E-state index in [1.807, 2.05) is 48.5 Å². The first-order valence-corrected chi connectivity index (χ1v) is 9.54. The molecule has 0 amide bonds. The highest BCUT2D eigenvalue weighted by molar-refractivity contribution is 7.56. The molecule has 0 fully saturated rings. The summed E-state index contributed by atoms with van der Waals surface area (Å²) < 4.78 is 10.6. The Labute approximate surface area is 115 Å². The lowest BCUT2D eigenvalue weighted by atomic mass is 10.3. The SMILES string of the molecule is Cl[Si](Cl)(c1ccccc1)c1ccc2c(c1)OCO2. The molecule has 0 unspecified atom stereocenters. The zero-order valence-electron chi connectivity index (χ0n) is 9.40. The van der Waals surface area contributed by atoms with Crippen molar-refractivity contribution < 1.29 is 9.47 Å². The van der Waals surface area contributed by atoms with Gasteiger partial charge in [0.05, 0.1) is 0 Å². The lowest BCUT2D eigenvalue weighted by Gasteiger charge is -2.17. The van der Waals surface area contributed by atoms with Gasteiger partial charge in [-0.05, 0) is 22.5 Å². The second kappa shape index (κ2) is 4.50. The van der Waals surface area contributed by atoms with Crippen molar-refractivity contribution in [2.24, 2.45) is 0 Å². The van der Waals surface area contributed by atoms with Crippen molar-refractivity contribution in [3.05, 3.63) is 48.5 Å². The number of hydrogen-bond donors (Lipinski definition) is 0. The van der Waals surface area contributed by atoms with Crippen LogP contribution in [-0.2, 0) is 0 Å².